The molecule has 7 N–H and O–H groups in total. The van der Waals surface area contributed by atoms with Gasteiger partial charge in [0.25, 0.3) is 0 Å². The summed E-state index contributed by atoms with van der Waals surface area (Å²) in [5.41, 5.74) is 4.80. The molecule has 3 aromatic carbocycles. The molecule has 5 amide bonds. The number of phenolic OH excluding ortho intramolecular Hbond substituents is 1. The van der Waals surface area contributed by atoms with Crippen molar-refractivity contribution in [2.45, 2.75) is 38.3 Å². The quantitative estimate of drug-likeness (QED) is 0.124. The van der Waals surface area contributed by atoms with Crippen LogP contribution in [0.2, 0.25) is 0 Å². The highest BCUT2D eigenvalue weighted by molar-refractivity contribution is 5.94. The zero-order chi connectivity index (χ0) is 35.5. The molecule has 4 rings (SSSR count). The first kappa shape index (κ1) is 35.9. The largest absolute Gasteiger partial charge is 0.508 e. The average Bonchev–Trinajstić information content (AvgIpc) is 3.40. The van der Waals surface area contributed by atoms with Gasteiger partial charge in [-0.25, -0.2) is 4.79 Å². The first-order valence-electron chi connectivity index (χ1n) is 15.7. The smallest absolute Gasteiger partial charge is 0.407 e. The summed E-state index contributed by atoms with van der Waals surface area (Å²) in [7, 11) is 0. The molecule has 3 aromatic rings. The SMILES string of the molecule is CC(C)[C@H](NC(=O)OCC1c2ccccc2-c2ccccc21)C(=O)N[C@@H](Cc1ccc(O)cc1)C(=O)NCC(=O)NCC(=O)NCC(=O)O. The number of amides is 5. The van der Waals surface area contributed by atoms with Crippen molar-refractivity contribution in [2.24, 2.45) is 5.92 Å². The number of carbonyl (C=O) groups is 6. The van der Waals surface area contributed by atoms with Gasteiger partial charge in [-0.2, -0.15) is 0 Å². The average molecular weight is 674 g/mol. The molecule has 0 radical (unpaired) electrons. The van der Waals surface area contributed by atoms with Gasteiger partial charge in [-0.1, -0.05) is 74.5 Å². The molecule has 0 saturated carbocycles. The van der Waals surface area contributed by atoms with Crippen molar-refractivity contribution >= 4 is 35.7 Å². The van der Waals surface area contributed by atoms with E-state index >= 15 is 0 Å². The number of ether oxygens (including phenoxy) is 1. The topological polar surface area (TPSA) is 212 Å². The number of benzene rings is 3. The Kier molecular flexibility index (Phi) is 12.3. The van der Waals surface area contributed by atoms with E-state index in [-0.39, 0.29) is 24.7 Å². The highest BCUT2D eigenvalue weighted by Gasteiger charge is 2.32. The number of alkyl carbamates (subject to hydrolysis) is 1. The third-order valence-corrected chi connectivity index (χ3v) is 7.88. The molecule has 2 atom stereocenters. The van der Waals surface area contributed by atoms with Crippen LogP contribution in [0.3, 0.4) is 0 Å². The van der Waals surface area contributed by atoms with Crippen LogP contribution in [-0.2, 0) is 35.1 Å². The standard InChI is InChI=1S/C35H39N5O9/c1-20(2)32(40-35(48)49-19-27-25-9-5-3-7-23(25)24-8-4-6-10-26(24)27)34(47)39-28(15-21-11-13-22(41)14-12-21)33(46)38-17-30(43)36-16-29(42)37-18-31(44)45/h3-14,20,27-28,32,41H,15-19H2,1-2H3,(H,36,43)(H,37,42)(H,38,46)(H,39,47)(H,40,48)(H,44,45)/t28-,32-/m0/s1. The first-order chi connectivity index (χ1) is 23.4. The van der Waals surface area contributed by atoms with E-state index in [0.29, 0.717) is 5.56 Å². The minimum Gasteiger partial charge on any atom is -0.508 e. The van der Waals surface area contributed by atoms with Crippen molar-refractivity contribution in [2.75, 3.05) is 26.2 Å². The summed E-state index contributed by atoms with van der Waals surface area (Å²) < 4.78 is 5.63. The van der Waals surface area contributed by atoms with Crippen molar-refractivity contribution in [1.82, 2.24) is 26.6 Å². The van der Waals surface area contributed by atoms with Gasteiger partial charge in [0.1, 0.15) is 31.0 Å². The molecular formula is C35H39N5O9. The number of carboxylic acids is 1. The fourth-order valence-corrected chi connectivity index (χ4v) is 5.41. The van der Waals surface area contributed by atoms with Crippen molar-refractivity contribution in [3.05, 3.63) is 89.5 Å². The van der Waals surface area contributed by atoms with E-state index in [1.807, 2.05) is 48.5 Å². The van der Waals surface area contributed by atoms with Gasteiger partial charge < -0.3 is 41.5 Å². The molecule has 0 saturated heterocycles. The second-order valence-corrected chi connectivity index (χ2v) is 11.8. The third kappa shape index (κ3) is 10.0. The van der Waals surface area contributed by atoms with E-state index in [1.165, 1.54) is 12.1 Å². The summed E-state index contributed by atoms with van der Waals surface area (Å²) in [6.07, 6.45) is -0.827. The van der Waals surface area contributed by atoms with Crippen LogP contribution in [0.4, 0.5) is 4.79 Å². The maximum Gasteiger partial charge on any atom is 0.407 e. The molecule has 1 aliphatic carbocycles. The van der Waals surface area contributed by atoms with Crippen LogP contribution in [0.5, 0.6) is 5.75 Å². The van der Waals surface area contributed by atoms with Crippen LogP contribution in [0.25, 0.3) is 11.1 Å². The molecule has 258 valence electrons. The lowest BCUT2D eigenvalue weighted by Gasteiger charge is -2.25. The van der Waals surface area contributed by atoms with Crippen LogP contribution < -0.4 is 26.6 Å². The van der Waals surface area contributed by atoms with Gasteiger partial charge in [0, 0.05) is 12.3 Å². The molecule has 49 heavy (non-hydrogen) atoms. The first-order valence-corrected chi connectivity index (χ1v) is 15.7. The van der Waals surface area contributed by atoms with E-state index in [1.54, 1.807) is 26.0 Å². The Morgan fingerprint density at radius 1 is 0.714 bits per heavy atom. The minimum atomic E-state index is -1.25. The van der Waals surface area contributed by atoms with E-state index in [9.17, 15) is 33.9 Å². The Balaban J connectivity index is 1.37. The predicted molar refractivity (Wildman–Crippen MR) is 177 cm³/mol. The number of aromatic hydroxyl groups is 1. The second-order valence-electron chi connectivity index (χ2n) is 11.8. The fraction of sp³-hybridized carbons (Fsp3) is 0.314. The summed E-state index contributed by atoms with van der Waals surface area (Å²) >= 11 is 0. The molecule has 0 fully saturated rings. The van der Waals surface area contributed by atoms with Crippen LogP contribution >= 0.6 is 0 Å². The van der Waals surface area contributed by atoms with E-state index in [4.69, 9.17) is 9.84 Å². The number of hydrogen-bond acceptors (Lipinski definition) is 8. The molecule has 14 heteroatoms. The number of aliphatic carboxylic acids is 1. The molecule has 0 unspecified atom stereocenters. The number of carbonyl (C=O) groups excluding carboxylic acids is 5. The van der Waals surface area contributed by atoms with E-state index in [0.717, 1.165) is 22.3 Å². The van der Waals surface area contributed by atoms with Crippen molar-refractivity contribution in [1.29, 1.82) is 0 Å². The molecule has 0 spiro atoms. The Bertz CT molecular complexity index is 1650. The second kappa shape index (κ2) is 16.8. The summed E-state index contributed by atoms with van der Waals surface area (Å²) in [5, 5.41) is 30.3. The van der Waals surface area contributed by atoms with Gasteiger partial charge >= 0.3 is 12.1 Å². The molecule has 0 heterocycles. The summed E-state index contributed by atoms with van der Waals surface area (Å²) in [6, 6.07) is 19.5. The highest BCUT2D eigenvalue weighted by Crippen LogP contribution is 2.44. The monoisotopic (exact) mass is 673 g/mol. The van der Waals surface area contributed by atoms with Crippen LogP contribution in [0.1, 0.15) is 36.5 Å². The molecular weight excluding hydrogens is 634 g/mol. The number of phenols is 1. The number of rotatable bonds is 15. The molecule has 1 aliphatic rings. The van der Waals surface area contributed by atoms with Crippen molar-refractivity contribution in [3.63, 3.8) is 0 Å². The summed E-state index contributed by atoms with van der Waals surface area (Å²) in [6.45, 7) is 1.82. The number of nitrogens with one attached hydrogen (secondary N) is 5. The predicted octanol–water partition coefficient (Wildman–Crippen LogP) is 1.42. The lowest BCUT2D eigenvalue weighted by atomic mass is 9.98. The Morgan fingerprint density at radius 3 is 1.84 bits per heavy atom. The normalized spacial score (nSPS) is 12.9. The van der Waals surface area contributed by atoms with Gasteiger partial charge in [-0.15, -0.1) is 0 Å². The maximum absolute atomic E-state index is 13.5. The van der Waals surface area contributed by atoms with Crippen molar-refractivity contribution < 1.29 is 43.7 Å². The third-order valence-electron chi connectivity index (χ3n) is 7.88. The van der Waals surface area contributed by atoms with Gasteiger partial charge in [0.05, 0.1) is 13.1 Å². The number of fused-ring (bicyclic) bond motifs is 3. The molecule has 0 bridgehead atoms. The zero-order valence-corrected chi connectivity index (χ0v) is 27.0. The van der Waals surface area contributed by atoms with Crippen molar-refractivity contribution in [3.8, 4) is 16.9 Å². The molecule has 0 aromatic heterocycles. The Hall–Kier alpha value is -5.92. The number of hydrogen-bond donors (Lipinski definition) is 7. The molecule has 14 nitrogen and oxygen atoms in total. The van der Waals surface area contributed by atoms with Gasteiger partial charge in [0.15, 0.2) is 0 Å². The van der Waals surface area contributed by atoms with E-state index < -0.39 is 73.3 Å². The zero-order valence-electron chi connectivity index (χ0n) is 27.0. The minimum absolute atomic E-state index is 0.00464. The number of carboxylic acid groups (broad SMARTS) is 1. The van der Waals surface area contributed by atoms with Gasteiger partial charge in [0.2, 0.25) is 23.6 Å². The Labute approximate surface area is 282 Å². The van der Waals surface area contributed by atoms with E-state index in [2.05, 4.69) is 26.6 Å². The highest BCUT2D eigenvalue weighted by atomic mass is 16.5. The van der Waals surface area contributed by atoms with Gasteiger partial charge in [-0.3, -0.25) is 24.0 Å². The lowest BCUT2D eigenvalue weighted by molar-refractivity contribution is -0.137. The molecule has 0 aliphatic heterocycles. The summed E-state index contributed by atoms with van der Waals surface area (Å²) in [4.78, 5) is 74.3. The van der Waals surface area contributed by atoms with Crippen LogP contribution in [0.15, 0.2) is 72.8 Å². The fourth-order valence-electron chi connectivity index (χ4n) is 5.41. The Morgan fingerprint density at radius 2 is 1.27 bits per heavy atom. The maximum atomic E-state index is 13.5. The summed E-state index contributed by atoms with van der Waals surface area (Å²) in [5.74, 6) is -4.69. The van der Waals surface area contributed by atoms with Gasteiger partial charge in [-0.05, 0) is 45.9 Å². The van der Waals surface area contributed by atoms with Crippen LogP contribution in [-0.4, -0.2) is 84.2 Å². The van der Waals surface area contributed by atoms with Crippen LogP contribution in [0, 0.1) is 5.92 Å². The lowest BCUT2D eigenvalue weighted by Crippen LogP contribution is -2.56.